The maximum atomic E-state index is 5.37. The highest BCUT2D eigenvalue weighted by Gasteiger charge is 2.04. The van der Waals surface area contributed by atoms with E-state index >= 15 is 0 Å². The average molecular weight is 220 g/mol. The van der Waals surface area contributed by atoms with Crippen LogP contribution in [0.2, 0.25) is 0 Å². The average Bonchev–Trinajstić information content (AvgIpc) is 2.87. The van der Waals surface area contributed by atoms with Crippen LogP contribution in [-0.4, -0.2) is 0 Å². The largest absolute Gasteiger partial charge is 0.464 e. The lowest BCUT2D eigenvalue weighted by molar-refractivity contribution is 0.582. The molecule has 15 heavy (non-hydrogen) atoms. The van der Waals surface area contributed by atoms with Gasteiger partial charge in [0.1, 0.15) is 5.76 Å². The van der Waals surface area contributed by atoms with E-state index in [1.54, 1.807) is 6.26 Å². The van der Waals surface area contributed by atoms with Crippen molar-refractivity contribution in [1.29, 1.82) is 0 Å². The van der Waals surface area contributed by atoms with E-state index in [1.807, 2.05) is 23.5 Å². The summed E-state index contributed by atoms with van der Waals surface area (Å²) >= 11 is 1.84. The smallest absolute Gasteiger partial charge is 0.134 e. The second-order valence-corrected chi connectivity index (χ2v) is 4.73. The van der Waals surface area contributed by atoms with Gasteiger partial charge in [-0.05, 0) is 31.0 Å². The van der Waals surface area contributed by atoms with Crippen molar-refractivity contribution in [2.45, 2.75) is 32.6 Å². The summed E-state index contributed by atoms with van der Waals surface area (Å²) in [5, 5.41) is 2.18. The summed E-state index contributed by atoms with van der Waals surface area (Å²) in [5.41, 5.74) is 1.22. The number of unbranched alkanes of at least 4 members (excludes halogenated alkanes) is 2. The van der Waals surface area contributed by atoms with E-state index < -0.39 is 0 Å². The molecule has 0 unspecified atom stereocenters. The van der Waals surface area contributed by atoms with Crippen LogP contribution in [0.3, 0.4) is 0 Å². The molecular formula is C13H16OS. The third kappa shape index (κ3) is 2.72. The highest BCUT2D eigenvalue weighted by molar-refractivity contribution is 7.10. The van der Waals surface area contributed by atoms with Crippen molar-refractivity contribution >= 4 is 11.3 Å². The second-order valence-electron chi connectivity index (χ2n) is 3.74. The third-order valence-corrected chi connectivity index (χ3v) is 3.48. The quantitative estimate of drug-likeness (QED) is 0.663. The molecule has 0 N–H and O–H groups in total. The Balaban J connectivity index is 1.98. The van der Waals surface area contributed by atoms with E-state index in [2.05, 4.69) is 18.4 Å². The molecule has 2 heteroatoms. The van der Waals surface area contributed by atoms with Gasteiger partial charge in [-0.1, -0.05) is 19.8 Å². The van der Waals surface area contributed by atoms with Crippen LogP contribution in [0, 0.1) is 0 Å². The van der Waals surface area contributed by atoms with Gasteiger partial charge in [-0.2, -0.15) is 0 Å². The first-order valence-corrected chi connectivity index (χ1v) is 6.39. The molecule has 2 heterocycles. The molecule has 0 radical (unpaired) electrons. The van der Waals surface area contributed by atoms with Gasteiger partial charge < -0.3 is 4.42 Å². The van der Waals surface area contributed by atoms with Crippen LogP contribution >= 0.6 is 11.3 Å². The van der Waals surface area contributed by atoms with Crippen molar-refractivity contribution in [2.24, 2.45) is 0 Å². The molecule has 0 fully saturated rings. The molecule has 0 spiro atoms. The molecule has 0 aliphatic heterocycles. The van der Waals surface area contributed by atoms with Gasteiger partial charge in [0, 0.05) is 15.8 Å². The van der Waals surface area contributed by atoms with Crippen molar-refractivity contribution in [3.8, 4) is 11.3 Å². The van der Waals surface area contributed by atoms with Crippen LogP contribution in [0.4, 0.5) is 0 Å². The van der Waals surface area contributed by atoms with Gasteiger partial charge in [-0.3, -0.25) is 0 Å². The topological polar surface area (TPSA) is 13.1 Å². The van der Waals surface area contributed by atoms with Crippen molar-refractivity contribution < 1.29 is 4.42 Å². The number of hydrogen-bond donors (Lipinski definition) is 0. The van der Waals surface area contributed by atoms with Crippen LogP contribution in [0.1, 0.15) is 31.1 Å². The van der Waals surface area contributed by atoms with E-state index in [4.69, 9.17) is 4.42 Å². The molecule has 0 bridgehead atoms. The van der Waals surface area contributed by atoms with Gasteiger partial charge in [0.15, 0.2) is 0 Å². The fraction of sp³-hybridized carbons (Fsp3) is 0.385. The second kappa shape index (κ2) is 5.17. The summed E-state index contributed by atoms with van der Waals surface area (Å²) in [4.78, 5) is 1.47. The Morgan fingerprint density at radius 3 is 3.00 bits per heavy atom. The van der Waals surface area contributed by atoms with Gasteiger partial charge in [0.05, 0.1) is 6.26 Å². The van der Waals surface area contributed by atoms with Gasteiger partial charge in [0.25, 0.3) is 0 Å². The maximum absolute atomic E-state index is 5.37. The first kappa shape index (κ1) is 10.5. The van der Waals surface area contributed by atoms with Crippen LogP contribution in [-0.2, 0) is 6.42 Å². The van der Waals surface area contributed by atoms with Crippen LogP contribution in [0.15, 0.2) is 34.3 Å². The predicted octanol–water partition coefficient (Wildman–Crippen LogP) is 4.74. The molecule has 80 valence electrons. The third-order valence-electron chi connectivity index (χ3n) is 2.49. The molecule has 0 amide bonds. The first-order valence-electron chi connectivity index (χ1n) is 5.51. The molecule has 0 aliphatic carbocycles. The standard InChI is InChI=1S/C13H16OS/c1-2-3-4-6-12-9-11(10-15-12)13-7-5-8-14-13/h5,7-10H,2-4,6H2,1H3. The molecule has 0 saturated heterocycles. The summed E-state index contributed by atoms with van der Waals surface area (Å²) in [5.74, 6) is 0.980. The minimum absolute atomic E-state index is 0.980. The van der Waals surface area contributed by atoms with Gasteiger partial charge >= 0.3 is 0 Å². The molecule has 1 nitrogen and oxygen atoms in total. The van der Waals surface area contributed by atoms with Gasteiger partial charge in [0.2, 0.25) is 0 Å². The summed E-state index contributed by atoms with van der Waals surface area (Å²) in [6, 6.07) is 6.20. The fourth-order valence-electron chi connectivity index (χ4n) is 1.63. The Hall–Kier alpha value is -1.02. The summed E-state index contributed by atoms with van der Waals surface area (Å²) in [7, 11) is 0. The SMILES string of the molecule is CCCCCc1cc(-c2ccco2)cs1. The number of rotatable bonds is 5. The fourth-order valence-corrected chi connectivity index (χ4v) is 2.55. The number of furan rings is 1. The molecule has 0 aliphatic rings. The normalized spacial score (nSPS) is 10.7. The summed E-state index contributed by atoms with van der Waals surface area (Å²) < 4.78 is 5.37. The van der Waals surface area contributed by atoms with Gasteiger partial charge in [-0.25, -0.2) is 0 Å². The van der Waals surface area contributed by atoms with Crippen molar-refractivity contribution in [1.82, 2.24) is 0 Å². The van der Waals surface area contributed by atoms with E-state index in [0.29, 0.717) is 0 Å². The predicted molar refractivity (Wildman–Crippen MR) is 65.3 cm³/mol. The Morgan fingerprint density at radius 2 is 2.27 bits per heavy atom. The number of hydrogen-bond acceptors (Lipinski definition) is 2. The van der Waals surface area contributed by atoms with Crippen LogP contribution in [0.5, 0.6) is 0 Å². The monoisotopic (exact) mass is 220 g/mol. The zero-order chi connectivity index (χ0) is 10.5. The lowest BCUT2D eigenvalue weighted by atomic mass is 10.1. The van der Waals surface area contributed by atoms with Gasteiger partial charge in [-0.15, -0.1) is 11.3 Å². The molecule has 0 atom stereocenters. The highest BCUT2D eigenvalue weighted by Crippen LogP contribution is 2.26. The van der Waals surface area contributed by atoms with E-state index in [-0.39, 0.29) is 0 Å². The summed E-state index contributed by atoms with van der Waals surface area (Å²) in [6.45, 7) is 2.24. The Morgan fingerprint density at radius 1 is 1.33 bits per heavy atom. The summed E-state index contributed by atoms with van der Waals surface area (Å²) in [6.07, 6.45) is 6.85. The number of thiophene rings is 1. The molecule has 2 aromatic heterocycles. The lowest BCUT2D eigenvalue weighted by Crippen LogP contribution is -1.79. The van der Waals surface area contributed by atoms with Crippen molar-refractivity contribution in [3.05, 3.63) is 34.7 Å². The van der Waals surface area contributed by atoms with E-state index in [9.17, 15) is 0 Å². The Bertz CT molecular complexity index is 386. The Kier molecular flexibility index (Phi) is 3.62. The lowest BCUT2D eigenvalue weighted by Gasteiger charge is -1.94. The van der Waals surface area contributed by atoms with Crippen LogP contribution in [0.25, 0.3) is 11.3 Å². The van der Waals surface area contributed by atoms with E-state index in [1.165, 1.54) is 36.1 Å². The van der Waals surface area contributed by atoms with E-state index in [0.717, 1.165) is 5.76 Å². The first-order chi connectivity index (χ1) is 7.40. The maximum Gasteiger partial charge on any atom is 0.134 e. The molecular weight excluding hydrogens is 204 g/mol. The minimum Gasteiger partial charge on any atom is -0.464 e. The van der Waals surface area contributed by atoms with Crippen LogP contribution < -0.4 is 0 Å². The zero-order valence-electron chi connectivity index (χ0n) is 9.03. The molecule has 2 rings (SSSR count). The van der Waals surface area contributed by atoms with Crippen molar-refractivity contribution in [3.63, 3.8) is 0 Å². The highest BCUT2D eigenvalue weighted by atomic mass is 32.1. The van der Waals surface area contributed by atoms with Crippen molar-refractivity contribution in [2.75, 3.05) is 0 Å². The Labute approximate surface area is 94.7 Å². The molecule has 0 saturated carbocycles. The zero-order valence-corrected chi connectivity index (χ0v) is 9.85. The number of aryl methyl sites for hydroxylation is 1. The minimum atomic E-state index is 0.980. The molecule has 0 aromatic carbocycles. The molecule has 2 aromatic rings.